The number of carbonyl (C=O) groups excluding carboxylic acids is 1. The number of carbonyl (C=O) groups is 1. The Morgan fingerprint density at radius 3 is 2.45 bits per heavy atom. The number of nitrogens with one attached hydrogen (secondary N) is 1. The molecule has 1 amide bonds. The fourth-order valence-corrected chi connectivity index (χ4v) is 4.17. The molecule has 0 aliphatic carbocycles. The molecule has 1 aliphatic rings. The zero-order valence-corrected chi connectivity index (χ0v) is 18.5. The first-order valence-electron chi connectivity index (χ1n) is 11.2. The number of hydrogen-bond acceptors (Lipinski definition) is 3. The molecule has 0 radical (unpaired) electrons. The maximum atomic E-state index is 12.8. The Kier molecular flexibility index (Phi) is 6.88. The summed E-state index contributed by atoms with van der Waals surface area (Å²) < 4.78 is 44.2. The van der Waals surface area contributed by atoms with Crippen LogP contribution in [0.1, 0.15) is 35.7 Å². The van der Waals surface area contributed by atoms with E-state index in [0.29, 0.717) is 29.5 Å². The molecule has 1 fully saturated rings. The van der Waals surface area contributed by atoms with Crippen molar-refractivity contribution in [2.24, 2.45) is 5.92 Å². The summed E-state index contributed by atoms with van der Waals surface area (Å²) >= 11 is 0. The van der Waals surface area contributed by atoms with Crippen molar-refractivity contribution in [3.8, 4) is 11.5 Å². The molecule has 3 aromatic carbocycles. The lowest BCUT2D eigenvalue weighted by Gasteiger charge is -2.31. The van der Waals surface area contributed by atoms with E-state index in [1.165, 1.54) is 12.1 Å². The van der Waals surface area contributed by atoms with E-state index < -0.39 is 11.7 Å². The number of benzene rings is 3. The molecule has 1 saturated heterocycles. The summed E-state index contributed by atoms with van der Waals surface area (Å²) in [4.78, 5) is 15.1. The molecule has 7 heteroatoms. The summed E-state index contributed by atoms with van der Waals surface area (Å²) in [5, 5.41) is 4.66. The molecule has 1 aliphatic heterocycles. The summed E-state index contributed by atoms with van der Waals surface area (Å²) in [6, 6.07) is 15.4. The van der Waals surface area contributed by atoms with E-state index in [-0.39, 0.29) is 5.91 Å². The van der Waals surface area contributed by atoms with Crippen LogP contribution in [0.3, 0.4) is 0 Å². The number of fused-ring (bicyclic) bond motifs is 1. The predicted octanol–water partition coefficient (Wildman–Crippen LogP) is 6.11. The van der Waals surface area contributed by atoms with Crippen LogP contribution in [0.25, 0.3) is 10.8 Å². The van der Waals surface area contributed by atoms with Crippen molar-refractivity contribution in [1.29, 1.82) is 0 Å². The summed E-state index contributed by atoms with van der Waals surface area (Å²) in [5.74, 6) is 1.22. The number of hydrogen-bond donors (Lipinski definition) is 1. The van der Waals surface area contributed by atoms with Crippen LogP contribution >= 0.6 is 0 Å². The molecule has 0 saturated carbocycles. The normalized spacial score (nSPS) is 15.5. The zero-order valence-electron chi connectivity index (χ0n) is 18.5. The Labute approximate surface area is 191 Å². The van der Waals surface area contributed by atoms with Gasteiger partial charge in [0.1, 0.15) is 11.5 Å². The van der Waals surface area contributed by atoms with Crippen LogP contribution in [0.5, 0.6) is 11.5 Å². The first-order chi connectivity index (χ1) is 15.8. The lowest BCUT2D eigenvalue weighted by molar-refractivity contribution is -0.137. The third-order valence-corrected chi connectivity index (χ3v) is 6.22. The van der Waals surface area contributed by atoms with Crippen molar-refractivity contribution in [2.45, 2.75) is 25.9 Å². The van der Waals surface area contributed by atoms with Crippen molar-refractivity contribution >= 4 is 16.7 Å². The summed E-state index contributed by atoms with van der Waals surface area (Å²) in [5.41, 5.74) is -0.153. The molecule has 0 unspecified atom stereocenters. The average Bonchev–Trinajstić information content (AvgIpc) is 2.82. The van der Waals surface area contributed by atoms with Gasteiger partial charge < -0.3 is 15.0 Å². The standard InChI is InChI=1S/C26H27F3N2O2/c1-2-31-14-12-18(13-15-31)17-30-25(32)20-6-11-23-19(16-20)4-3-5-24(23)33-22-9-7-21(8-10-22)26(27,28)29/h3-11,16,18H,2,12-15,17H2,1H3,(H,30,32). The lowest BCUT2D eigenvalue weighted by atomic mass is 9.96. The van der Waals surface area contributed by atoms with Gasteiger partial charge in [-0.05, 0) is 92.3 Å². The summed E-state index contributed by atoms with van der Waals surface area (Å²) in [6.45, 7) is 6.07. The first-order valence-corrected chi connectivity index (χ1v) is 11.2. The van der Waals surface area contributed by atoms with Crippen LogP contribution in [-0.4, -0.2) is 37.0 Å². The van der Waals surface area contributed by atoms with E-state index in [2.05, 4.69) is 17.1 Å². The fraction of sp³-hybridized carbons (Fsp3) is 0.346. The van der Waals surface area contributed by atoms with Crippen LogP contribution in [-0.2, 0) is 6.18 Å². The van der Waals surface area contributed by atoms with E-state index in [1.54, 1.807) is 18.2 Å². The number of nitrogens with zero attached hydrogens (tertiary/aromatic N) is 1. The number of halogens is 3. The van der Waals surface area contributed by atoms with Gasteiger partial charge in [-0.2, -0.15) is 13.2 Å². The Morgan fingerprint density at radius 2 is 1.79 bits per heavy atom. The van der Waals surface area contributed by atoms with Gasteiger partial charge in [-0.25, -0.2) is 0 Å². The molecule has 0 atom stereocenters. The molecule has 1 heterocycles. The topological polar surface area (TPSA) is 41.6 Å². The Hall–Kier alpha value is -3.06. The van der Waals surface area contributed by atoms with Crippen molar-refractivity contribution in [3.05, 3.63) is 71.8 Å². The minimum atomic E-state index is -4.39. The van der Waals surface area contributed by atoms with Gasteiger partial charge in [0.2, 0.25) is 0 Å². The number of piperidine rings is 1. The zero-order chi connectivity index (χ0) is 23.4. The molecule has 0 aromatic heterocycles. The van der Waals surface area contributed by atoms with Gasteiger partial charge in [-0.15, -0.1) is 0 Å². The lowest BCUT2D eigenvalue weighted by Crippen LogP contribution is -2.38. The number of amides is 1. The molecule has 0 spiro atoms. The molecule has 174 valence electrons. The maximum Gasteiger partial charge on any atom is 0.416 e. The maximum absolute atomic E-state index is 12.8. The van der Waals surface area contributed by atoms with Crippen molar-refractivity contribution in [1.82, 2.24) is 10.2 Å². The van der Waals surface area contributed by atoms with Crippen molar-refractivity contribution in [3.63, 3.8) is 0 Å². The molecule has 4 rings (SSSR count). The molecular weight excluding hydrogens is 429 g/mol. The Morgan fingerprint density at radius 1 is 1.06 bits per heavy atom. The van der Waals surface area contributed by atoms with Gasteiger partial charge in [-0.3, -0.25) is 4.79 Å². The number of ether oxygens (including phenoxy) is 1. The minimum Gasteiger partial charge on any atom is -0.457 e. The first kappa shape index (κ1) is 23.1. The molecular formula is C26H27F3N2O2. The molecule has 33 heavy (non-hydrogen) atoms. The van der Waals surface area contributed by atoms with Crippen LogP contribution in [0.4, 0.5) is 13.2 Å². The van der Waals surface area contributed by atoms with Gasteiger partial charge in [0.05, 0.1) is 5.56 Å². The third-order valence-electron chi connectivity index (χ3n) is 6.22. The highest BCUT2D eigenvalue weighted by molar-refractivity contribution is 5.99. The summed E-state index contributed by atoms with van der Waals surface area (Å²) in [7, 11) is 0. The largest absolute Gasteiger partial charge is 0.457 e. The second-order valence-corrected chi connectivity index (χ2v) is 8.40. The van der Waals surface area contributed by atoms with Gasteiger partial charge in [0.25, 0.3) is 5.91 Å². The van der Waals surface area contributed by atoms with Gasteiger partial charge in [0, 0.05) is 17.5 Å². The van der Waals surface area contributed by atoms with E-state index >= 15 is 0 Å². The van der Waals surface area contributed by atoms with Gasteiger partial charge in [-0.1, -0.05) is 19.1 Å². The predicted molar refractivity (Wildman–Crippen MR) is 123 cm³/mol. The Balaban J connectivity index is 1.43. The number of alkyl halides is 3. The van der Waals surface area contributed by atoms with Crippen LogP contribution in [0, 0.1) is 5.92 Å². The van der Waals surface area contributed by atoms with E-state index in [9.17, 15) is 18.0 Å². The van der Waals surface area contributed by atoms with Crippen LogP contribution in [0.2, 0.25) is 0 Å². The highest BCUT2D eigenvalue weighted by Crippen LogP contribution is 2.33. The molecule has 0 bridgehead atoms. The Bertz CT molecular complexity index is 1100. The van der Waals surface area contributed by atoms with Gasteiger partial charge in [0.15, 0.2) is 0 Å². The fourth-order valence-electron chi connectivity index (χ4n) is 4.17. The van der Waals surface area contributed by atoms with Crippen molar-refractivity contribution < 1.29 is 22.7 Å². The second-order valence-electron chi connectivity index (χ2n) is 8.40. The SMILES string of the molecule is CCN1CCC(CNC(=O)c2ccc3c(Oc4ccc(C(F)(F)F)cc4)cccc3c2)CC1. The second kappa shape index (κ2) is 9.83. The van der Waals surface area contributed by atoms with Gasteiger partial charge >= 0.3 is 6.18 Å². The highest BCUT2D eigenvalue weighted by Gasteiger charge is 2.30. The highest BCUT2D eigenvalue weighted by atomic mass is 19.4. The van der Waals surface area contributed by atoms with E-state index in [0.717, 1.165) is 55.4 Å². The quantitative estimate of drug-likeness (QED) is 0.486. The van der Waals surface area contributed by atoms with Crippen molar-refractivity contribution in [2.75, 3.05) is 26.2 Å². The van der Waals surface area contributed by atoms with Crippen LogP contribution in [0.15, 0.2) is 60.7 Å². The molecule has 1 N–H and O–H groups in total. The summed E-state index contributed by atoms with van der Waals surface area (Å²) in [6.07, 6.45) is -2.20. The molecule has 4 nitrogen and oxygen atoms in total. The van der Waals surface area contributed by atoms with E-state index in [4.69, 9.17) is 4.74 Å². The monoisotopic (exact) mass is 456 g/mol. The number of likely N-dealkylation sites (tertiary alicyclic amines) is 1. The average molecular weight is 457 g/mol. The third kappa shape index (κ3) is 5.66. The smallest absolute Gasteiger partial charge is 0.416 e. The molecule has 3 aromatic rings. The van der Waals surface area contributed by atoms with E-state index in [1.807, 2.05) is 18.2 Å². The number of rotatable bonds is 6. The minimum absolute atomic E-state index is 0.108. The van der Waals surface area contributed by atoms with Crippen LogP contribution < -0.4 is 10.1 Å².